The average molecular weight is 615 g/mol. The second-order valence-corrected chi connectivity index (χ2v) is 11.9. The minimum absolute atomic E-state index is 0.0627. The molecule has 2 bridgehead atoms. The number of hydrogen-bond donors (Lipinski definition) is 0. The zero-order valence-corrected chi connectivity index (χ0v) is 25.2. The third-order valence-electron chi connectivity index (χ3n) is 9.44. The second-order valence-electron chi connectivity index (χ2n) is 11.9. The molecular weight excluding hydrogens is 584 g/mol. The Balaban J connectivity index is 1.48. The number of benzene rings is 2. The van der Waals surface area contributed by atoms with Gasteiger partial charge in [0, 0.05) is 19.3 Å². The third kappa shape index (κ3) is 4.00. The van der Waals surface area contributed by atoms with Gasteiger partial charge < -0.3 is 14.2 Å². The Labute approximate surface area is 257 Å². The van der Waals surface area contributed by atoms with Crippen LogP contribution in [-0.2, 0) is 38.3 Å². The lowest BCUT2D eigenvalue weighted by Crippen LogP contribution is -2.66. The molecule has 2 unspecified atom stereocenters. The van der Waals surface area contributed by atoms with Crippen LogP contribution < -0.4 is 19.3 Å². The van der Waals surface area contributed by atoms with Crippen LogP contribution in [-0.4, -0.2) is 48.1 Å². The van der Waals surface area contributed by atoms with Crippen molar-refractivity contribution in [3.63, 3.8) is 0 Å². The number of carbonyl (C=O) groups is 7. The highest BCUT2D eigenvalue weighted by Gasteiger charge is 2.82. The van der Waals surface area contributed by atoms with Crippen LogP contribution in [0.5, 0.6) is 11.5 Å². The topological polar surface area (TPSA) is 154 Å². The lowest BCUT2D eigenvalue weighted by atomic mass is 9.39. The fourth-order valence-electron chi connectivity index (χ4n) is 7.99. The van der Waals surface area contributed by atoms with Crippen LogP contribution in [0.2, 0.25) is 0 Å². The Morgan fingerprint density at radius 2 is 1.07 bits per heavy atom. The first-order chi connectivity index (χ1) is 21.3. The number of amides is 4. The van der Waals surface area contributed by atoms with E-state index in [0.29, 0.717) is 5.57 Å². The van der Waals surface area contributed by atoms with Gasteiger partial charge in [0.05, 0.1) is 41.7 Å². The Morgan fingerprint density at radius 3 is 1.42 bits per heavy atom. The molecule has 12 heteroatoms. The SMILES string of the molecule is CCOC(=O)C12C(C)=CC(C)([C@@H]3C(=O)N(c4ccc(OC(C)=O)cc4)C(=O)[C@@H]31)[C@H]1C(=O)N(c3ccc(OC(C)=O)cc3)C(=O)[C@@H]12. The van der Waals surface area contributed by atoms with Crippen LogP contribution in [0.15, 0.2) is 60.2 Å². The highest BCUT2D eigenvalue weighted by molar-refractivity contribution is 6.29. The van der Waals surface area contributed by atoms with E-state index in [0.717, 1.165) is 9.80 Å². The average Bonchev–Trinajstić information content (AvgIpc) is 3.40. The van der Waals surface area contributed by atoms with E-state index in [1.165, 1.54) is 62.4 Å². The molecule has 2 aromatic carbocycles. The van der Waals surface area contributed by atoms with E-state index < -0.39 is 76.0 Å². The largest absolute Gasteiger partial charge is 0.465 e. The predicted octanol–water partition coefficient (Wildman–Crippen LogP) is 2.98. The summed E-state index contributed by atoms with van der Waals surface area (Å²) in [5.74, 6) is -9.10. The molecule has 0 radical (unpaired) electrons. The summed E-state index contributed by atoms with van der Waals surface area (Å²) >= 11 is 0. The van der Waals surface area contributed by atoms with Crippen molar-refractivity contribution >= 4 is 52.9 Å². The molecular formula is C33H30N2O10. The maximum absolute atomic E-state index is 14.4. The highest BCUT2D eigenvalue weighted by atomic mass is 16.5. The van der Waals surface area contributed by atoms with E-state index in [-0.39, 0.29) is 29.5 Å². The number of ether oxygens (including phenoxy) is 3. The van der Waals surface area contributed by atoms with Crippen molar-refractivity contribution in [2.45, 2.75) is 34.6 Å². The van der Waals surface area contributed by atoms with E-state index in [2.05, 4.69) is 0 Å². The molecule has 2 aliphatic heterocycles. The van der Waals surface area contributed by atoms with Crippen LogP contribution in [0, 0.1) is 34.5 Å². The quantitative estimate of drug-likeness (QED) is 0.205. The van der Waals surface area contributed by atoms with Crippen LogP contribution in [0.3, 0.4) is 0 Å². The number of esters is 3. The van der Waals surface area contributed by atoms with Gasteiger partial charge in [-0.15, -0.1) is 0 Å². The molecule has 0 aromatic heterocycles. The van der Waals surface area contributed by atoms with Gasteiger partial charge in [0.25, 0.3) is 0 Å². The Morgan fingerprint density at radius 1 is 0.689 bits per heavy atom. The van der Waals surface area contributed by atoms with Gasteiger partial charge in [-0.3, -0.25) is 33.6 Å². The van der Waals surface area contributed by atoms with Gasteiger partial charge in [0.15, 0.2) is 0 Å². The van der Waals surface area contributed by atoms with Gasteiger partial charge >= 0.3 is 17.9 Å². The fourth-order valence-corrected chi connectivity index (χ4v) is 7.99. The first-order valence-corrected chi connectivity index (χ1v) is 14.5. The molecule has 232 valence electrons. The highest BCUT2D eigenvalue weighted by Crippen LogP contribution is 2.71. The summed E-state index contributed by atoms with van der Waals surface area (Å²) in [4.78, 5) is 96.2. The summed E-state index contributed by atoms with van der Waals surface area (Å²) in [6, 6.07) is 11.5. The zero-order chi connectivity index (χ0) is 32.6. The molecule has 6 atom stereocenters. The molecule has 2 aromatic rings. The number of nitrogens with zero attached hydrogens (tertiary/aromatic N) is 2. The van der Waals surface area contributed by atoms with Crippen molar-refractivity contribution in [2.75, 3.05) is 16.4 Å². The van der Waals surface area contributed by atoms with Crippen molar-refractivity contribution in [2.24, 2.45) is 34.5 Å². The maximum atomic E-state index is 14.4. The fraction of sp³-hybridized carbons (Fsp3) is 0.364. The molecule has 4 amide bonds. The van der Waals surface area contributed by atoms with Gasteiger partial charge in [-0.25, -0.2) is 9.80 Å². The summed E-state index contributed by atoms with van der Waals surface area (Å²) in [6.07, 6.45) is 1.68. The van der Waals surface area contributed by atoms with E-state index in [1.807, 2.05) is 0 Å². The summed E-state index contributed by atoms with van der Waals surface area (Å²) in [7, 11) is 0. The van der Waals surface area contributed by atoms with E-state index in [1.54, 1.807) is 26.8 Å². The molecule has 1 saturated carbocycles. The number of allylic oxidation sites excluding steroid dienone is 1. The molecule has 45 heavy (non-hydrogen) atoms. The lowest BCUT2D eigenvalue weighted by Gasteiger charge is -2.58. The van der Waals surface area contributed by atoms with Crippen LogP contribution in [0.1, 0.15) is 34.6 Å². The third-order valence-corrected chi connectivity index (χ3v) is 9.44. The van der Waals surface area contributed by atoms with Crippen LogP contribution in [0.25, 0.3) is 0 Å². The summed E-state index contributed by atoms with van der Waals surface area (Å²) in [6.45, 7) is 7.32. The second kappa shape index (κ2) is 10.2. The number of carbonyl (C=O) groups excluding carboxylic acids is 7. The number of imide groups is 2. The Kier molecular flexibility index (Phi) is 6.79. The van der Waals surface area contributed by atoms with E-state index >= 15 is 0 Å². The van der Waals surface area contributed by atoms with Crippen molar-refractivity contribution < 1.29 is 47.8 Å². The zero-order valence-electron chi connectivity index (χ0n) is 25.2. The van der Waals surface area contributed by atoms with Crippen LogP contribution in [0.4, 0.5) is 11.4 Å². The number of hydrogen-bond acceptors (Lipinski definition) is 10. The minimum atomic E-state index is -1.93. The molecule has 5 aliphatic rings. The van der Waals surface area contributed by atoms with Gasteiger partial charge in [0.1, 0.15) is 16.9 Å². The van der Waals surface area contributed by atoms with Gasteiger partial charge in [-0.05, 0) is 62.4 Å². The van der Waals surface area contributed by atoms with E-state index in [9.17, 15) is 33.6 Å². The lowest BCUT2D eigenvalue weighted by molar-refractivity contribution is -0.182. The Bertz CT molecular complexity index is 1620. The molecule has 2 heterocycles. The maximum Gasteiger partial charge on any atom is 0.317 e. The number of anilines is 2. The normalized spacial score (nSPS) is 29.8. The smallest absolute Gasteiger partial charge is 0.317 e. The van der Waals surface area contributed by atoms with Crippen LogP contribution >= 0.6 is 0 Å². The molecule has 7 rings (SSSR count). The molecule has 3 fully saturated rings. The molecule has 3 aliphatic carbocycles. The monoisotopic (exact) mass is 614 g/mol. The molecule has 12 nitrogen and oxygen atoms in total. The summed E-state index contributed by atoms with van der Waals surface area (Å²) in [5, 5.41) is 0. The van der Waals surface area contributed by atoms with Crippen molar-refractivity contribution in [1.82, 2.24) is 0 Å². The Hall–Kier alpha value is -5.13. The van der Waals surface area contributed by atoms with Gasteiger partial charge in [-0.2, -0.15) is 0 Å². The summed E-state index contributed by atoms with van der Waals surface area (Å²) in [5.41, 5.74) is -2.49. The van der Waals surface area contributed by atoms with Gasteiger partial charge in [0.2, 0.25) is 23.6 Å². The van der Waals surface area contributed by atoms with Crippen molar-refractivity contribution in [3.8, 4) is 11.5 Å². The van der Waals surface area contributed by atoms with Crippen molar-refractivity contribution in [1.29, 1.82) is 0 Å². The number of rotatable bonds is 6. The predicted molar refractivity (Wildman–Crippen MR) is 155 cm³/mol. The van der Waals surface area contributed by atoms with Gasteiger partial charge in [-0.1, -0.05) is 18.6 Å². The minimum Gasteiger partial charge on any atom is -0.465 e. The summed E-state index contributed by atoms with van der Waals surface area (Å²) < 4.78 is 15.7. The molecule has 0 spiro atoms. The molecule has 0 N–H and O–H groups in total. The first-order valence-electron chi connectivity index (χ1n) is 14.5. The standard InChI is InChI=1S/C33H30N2O10/c1-6-43-31(42)33-16(2)15-32(5,23-25(33)29(40)34(27(23)38)19-7-11-21(12-8-19)44-17(3)36)24-26(33)30(41)35(28(24)39)20-9-13-22(14-10-20)45-18(4)37/h7-15,23-26H,6H2,1-5H3/t23-,24+,25-,26-,32?,33?/m1/s1. The first kappa shape index (κ1) is 29.9. The molecule has 2 saturated heterocycles. The van der Waals surface area contributed by atoms with E-state index in [4.69, 9.17) is 14.2 Å². The van der Waals surface area contributed by atoms with Crippen molar-refractivity contribution in [3.05, 3.63) is 60.2 Å².